The Bertz CT molecular complexity index is 3430. The van der Waals surface area contributed by atoms with Crippen molar-refractivity contribution in [2.75, 3.05) is 4.81 Å². The third-order valence-corrected chi connectivity index (χ3v) is 14.7. The second-order valence-corrected chi connectivity index (χ2v) is 19.2. The first-order chi connectivity index (χ1) is 29.6. The van der Waals surface area contributed by atoms with Crippen LogP contribution in [0.3, 0.4) is 0 Å². The summed E-state index contributed by atoms with van der Waals surface area (Å²) in [6.07, 6.45) is 2.32. The molecule has 0 saturated heterocycles. The molecule has 4 aliphatic rings. The fourth-order valence-electron chi connectivity index (χ4n) is 11.5. The highest BCUT2D eigenvalue weighted by Crippen LogP contribution is 2.55. The van der Waals surface area contributed by atoms with E-state index in [2.05, 4.69) is 166 Å². The lowest BCUT2D eigenvalue weighted by Gasteiger charge is -2.46. The van der Waals surface area contributed by atoms with Gasteiger partial charge in [0.15, 0.2) is 23.0 Å². The van der Waals surface area contributed by atoms with Crippen LogP contribution in [0.2, 0.25) is 0 Å². The van der Waals surface area contributed by atoms with Crippen LogP contribution in [0.1, 0.15) is 62.8 Å². The number of nitrogens with zero attached hydrogens (tertiary/aromatic N) is 2. The van der Waals surface area contributed by atoms with Gasteiger partial charge >= 0.3 is 6.85 Å². The van der Waals surface area contributed by atoms with Crippen molar-refractivity contribution in [1.82, 2.24) is 4.57 Å². The molecule has 4 nitrogen and oxygen atoms in total. The Labute approximate surface area is 357 Å². The van der Waals surface area contributed by atoms with Crippen molar-refractivity contribution in [3.05, 3.63) is 162 Å². The van der Waals surface area contributed by atoms with Crippen molar-refractivity contribution in [3.63, 3.8) is 0 Å². The minimum atomic E-state index is -0.124. The zero-order valence-corrected chi connectivity index (χ0v) is 35.5. The molecular weight excluding hydrogens is 743 g/mol. The van der Waals surface area contributed by atoms with Crippen LogP contribution in [0.5, 0.6) is 23.0 Å². The van der Waals surface area contributed by atoms with E-state index in [4.69, 9.17) is 9.47 Å². The average Bonchev–Trinajstić information content (AvgIpc) is 3.61. The number of fused-ring (bicyclic) bond motifs is 12. The van der Waals surface area contributed by atoms with Gasteiger partial charge in [0.2, 0.25) is 0 Å². The zero-order chi connectivity index (χ0) is 41.1. The van der Waals surface area contributed by atoms with Crippen molar-refractivity contribution in [3.8, 4) is 50.9 Å². The molecule has 4 heterocycles. The van der Waals surface area contributed by atoms with Crippen LogP contribution in [0, 0.1) is 13.8 Å². The van der Waals surface area contributed by atoms with Crippen molar-refractivity contribution >= 4 is 61.7 Å². The van der Waals surface area contributed by atoms with Gasteiger partial charge in [-0.1, -0.05) is 125 Å². The number of hydrogen-bond donors (Lipinski definition) is 0. The largest absolute Gasteiger partial charge is 0.449 e. The minimum absolute atomic E-state index is 0.0357. The first kappa shape index (κ1) is 35.1. The van der Waals surface area contributed by atoms with E-state index in [0.717, 1.165) is 40.7 Å². The monoisotopic (exact) mass is 788 g/mol. The highest BCUT2D eigenvalue weighted by atomic mass is 16.6. The molecule has 0 bridgehead atoms. The Hall–Kier alpha value is -6.72. The number of aryl methyl sites for hydroxylation is 2. The first-order valence-corrected chi connectivity index (χ1v) is 21.8. The summed E-state index contributed by atoms with van der Waals surface area (Å²) >= 11 is 0. The summed E-state index contributed by atoms with van der Waals surface area (Å²) in [6.45, 7) is 14.2. The molecule has 0 amide bonds. The third-order valence-electron chi connectivity index (χ3n) is 14.7. The molecule has 0 unspecified atom stereocenters. The normalized spacial score (nSPS) is 16.0. The SMILES string of the molecule is Cc1ccccc1-c1cc2c3c(c1)-n1c4c(cccc4c4ccc5ccccc5c41)B3N(c1cc3c(cc1C)C(C)(C)CCC3(C)C)c1cc3c(cc1-2)Oc1ccccc1O3. The van der Waals surface area contributed by atoms with E-state index < -0.39 is 0 Å². The maximum absolute atomic E-state index is 6.75. The van der Waals surface area contributed by atoms with Crippen LogP contribution in [0.25, 0.3) is 60.5 Å². The van der Waals surface area contributed by atoms with Crippen LogP contribution >= 0.6 is 0 Å². The Morgan fingerprint density at radius 3 is 1.95 bits per heavy atom. The Balaban J connectivity index is 1.20. The summed E-state index contributed by atoms with van der Waals surface area (Å²) < 4.78 is 16.1. The van der Waals surface area contributed by atoms with E-state index in [1.807, 2.05) is 24.3 Å². The Morgan fingerprint density at radius 2 is 1.16 bits per heavy atom. The summed E-state index contributed by atoms with van der Waals surface area (Å²) in [7, 11) is 0. The number of para-hydroxylation sites is 3. The lowest BCUT2D eigenvalue weighted by molar-refractivity contribution is 0.332. The molecular formula is C56H45BN2O2. The molecule has 61 heavy (non-hydrogen) atoms. The Morgan fingerprint density at radius 1 is 0.492 bits per heavy atom. The van der Waals surface area contributed by atoms with Gasteiger partial charge in [-0.15, -0.1) is 0 Å². The first-order valence-electron chi connectivity index (χ1n) is 21.8. The van der Waals surface area contributed by atoms with Gasteiger partial charge in [-0.05, 0) is 129 Å². The van der Waals surface area contributed by atoms with E-state index in [9.17, 15) is 0 Å². The highest BCUT2D eigenvalue weighted by molar-refractivity contribution is 6.93. The number of hydrogen-bond acceptors (Lipinski definition) is 3. The molecule has 8 aromatic carbocycles. The molecule has 0 saturated carbocycles. The minimum Gasteiger partial charge on any atom is -0.449 e. The molecule has 0 spiro atoms. The van der Waals surface area contributed by atoms with E-state index in [1.165, 1.54) is 100 Å². The van der Waals surface area contributed by atoms with Gasteiger partial charge in [0, 0.05) is 44.9 Å². The number of anilines is 2. The number of ether oxygens (including phenoxy) is 2. The maximum atomic E-state index is 6.75. The summed E-state index contributed by atoms with van der Waals surface area (Å²) in [4.78, 5) is 2.67. The zero-order valence-electron chi connectivity index (χ0n) is 35.5. The predicted octanol–water partition coefficient (Wildman–Crippen LogP) is 13.7. The van der Waals surface area contributed by atoms with Crippen molar-refractivity contribution in [2.45, 2.75) is 65.2 Å². The highest BCUT2D eigenvalue weighted by Gasteiger charge is 2.46. The number of benzene rings is 8. The number of rotatable bonds is 2. The van der Waals surface area contributed by atoms with Crippen LogP contribution < -0.4 is 25.2 Å². The molecule has 0 N–H and O–H groups in total. The van der Waals surface area contributed by atoms with Crippen molar-refractivity contribution < 1.29 is 9.47 Å². The Kier molecular flexibility index (Phi) is 6.89. The molecule has 13 rings (SSSR count). The predicted molar refractivity (Wildman–Crippen MR) is 254 cm³/mol. The second kappa shape index (κ2) is 12.0. The van der Waals surface area contributed by atoms with Crippen molar-refractivity contribution in [1.29, 1.82) is 0 Å². The van der Waals surface area contributed by atoms with Crippen LogP contribution in [-0.2, 0) is 10.8 Å². The van der Waals surface area contributed by atoms with Gasteiger partial charge in [0.25, 0.3) is 0 Å². The fourth-order valence-corrected chi connectivity index (χ4v) is 11.5. The third kappa shape index (κ3) is 4.72. The molecule has 5 heteroatoms. The number of aromatic nitrogens is 1. The molecule has 1 aromatic heterocycles. The lowest BCUT2D eigenvalue weighted by atomic mass is 9.43. The molecule has 3 aliphatic heterocycles. The van der Waals surface area contributed by atoms with Gasteiger partial charge in [0.05, 0.1) is 11.0 Å². The second-order valence-electron chi connectivity index (χ2n) is 19.2. The topological polar surface area (TPSA) is 26.6 Å². The van der Waals surface area contributed by atoms with Crippen molar-refractivity contribution in [2.24, 2.45) is 0 Å². The molecule has 0 fully saturated rings. The smallest absolute Gasteiger partial charge is 0.333 e. The summed E-state index contributed by atoms with van der Waals surface area (Å²) in [6, 6.07) is 51.8. The van der Waals surface area contributed by atoms with E-state index >= 15 is 0 Å². The molecule has 1 aliphatic carbocycles. The van der Waals surface area contributed by atoms with Gasteiger partial charge < -0.3 is 18.9 Å². The van der Waals surface area contributed by atoms with Gasteiger partial charge in [0.1, 0.15) is 0 Å². The van der Waals surface area contributed by atoms with Gasteiger partial charge in [-0.25, -0.2) is 0 Å². The molecule has 294 valence electrons. The summed E-state index contributed by atoms with van der Waals surface area (Å²) in [5, 5.41) is 5.06. The quantitative estimate of drug-likeness (QED) is 0.163. The average molecular weight is 789 g/mol. The van der Waals surface area contributed by atoms with Crippen LogP contribution in [0.15, 0.2) is 140 Å². The molecule has 9 aromatic rings. The van der Waals surface area contributed by atoms with E-state index in [0.29, 0.717) is 0 Å². The van der Waals surface area contributed by atoms with Crippen LogP contribution in [-0.4, -0.2) is 11.4 Å². The molecule has 0 atom stereocenters. The van der Waals surface area contributed by atoms with Gasteiger partial charge in [-0.3, -0.25) is 0 Å². The maximum Gasteiger partial charge on any atom is 0.333 e. The lowest BCUT2D eigenvalue weighted by Crippen LogP contribution is -2.60. The standard InChI is InChI=1S/C56H45BN2O2/c1-32-14-7-9-16-36(32)35-27-41-40-29-50-51(61-49-21-12-11-20-48(49)60-50)31-46(40)59(45-30-43-42(26-33(45)2)55(3,4)24-25-56(43,5)6)57-44-19-13-18-38-39-23-22-34-15-8-10-17-37(34)53(39)58(54(38)44)47(28-35)52(41)57/h7-23,26-31H,24-25H2,1-6H3. The van der Waals surface area contributed by atoms with E-state index in [1.54, 1.807) is 0 Å². The fraction of sp³-hybridized carbons (Fsp3) is 0.179. The molecule has 0 radical (unpaired) electrons. The van der Waals surface area contributed by atoms with E-state index in [-0.39, 0.29) is 17.7 Å². The van der Waals surface area contributed by atoms with Crippen LogP contribution in [0.4, 0.5) is 11.4 Å². The summed E-state index contributed by atoms with van der Waals surface area (Å²) in [5.74, 6) is 2.92. The summed E-state index contributed by atoms with van der Waals surface area (Å²) in [5.41, 5.74) is 19.1. The van der Waals surface area contributed by atoms with Gasteiger partial charge in [-0.2, -0.15) is 0 Å².